The van der Waals surface area contributed by atoms with Gasteiger partial charge in [0.05, 0.1) is 0 Å². The number of nitrogens with zero attached hydrogens (tertiary/aromatic N) is 2. The van der Waals surface area contributed by atoms with Gasteiger partial charge in [-0.3, -0.25) is 5.43 Å². The van der Waals surface area contributed by atoms with Crippen LogP contribution in [-0.4, -0.2) is 30.5 Å². The second-order valence-electron chi connectivity index (χ2n) is 2.54. The SMILES string of the molecule is COCCCOCc1nnc(NN)s1. The van der Waals surface area contributed by atoms with Crippen molar-refractivity contribution >= 4 is 16.5 Å². The summed E-state index contributed by atoms with van der Waals surface area (Å²) in [5.41, 5.74) is 2.43. The summed E-state index contributed by atoms with van der Waals surface area (Å²) in [4.78, 5) is 0. The highest BCUT2D eigenvalue weighted by atomic mass is 32.1. The Kier molecular flexibility index (Phi) is 5.38. The topological polar surface area (TPSA) is 82.3 Å². The van der Waals surface area contributed by atoms with Gasteiger partial charge in [0.15, 0.2) is 0 Å². The van der Waals surface area contributed by atoms with Gasteiger partial charge in [-0.15, -0.1) is 10.2 Å². The molecule has 0 aliphatic rings. The maximum atomic E-state index is 5.34. The normalized spacial score (nSPS) is 10.4. The van der Waals surface area contributed by atoms with Crippen LogP contribution in [0.15, 0.2) is 0 Å². The second-order valence-corrected chi connectivity index (χ2v) is 3.61. The minimum absolute atomic E-state index is 0.475. The largest absolute Gasteiger partial charge is 0.385 e. The number of aromatic nitrogens is 2. The summed E-state index contributed by atoms with van der Waals surface area (Å²) < 4.78 is 10.2. The van der Waals surface area contributed by atoms with Crippen molar-refractivity contribution in [2.24, 2.45) is 5.84 Å². The third kappa shape index (κ3) is 3.97. The number of hydrogen-bond acceptors (Lipinski definition) is 7. The molecule has 0 saturated heterocycles. The van der Waals surface area contributed by atoms with Crippen molar-refractivity contribution in [3.05, 3.63) is 5.01 Å². The number of nitrogens with two attached hydrogens (primary N) is 1. The van der Waals surface area contributed by atoms with Gasteiger partial charge in [-0.1, -0.05) is 11.3 Å². The average Bonchev–Trinajstić information content (AvgIpc) is 2.65. The van der Waals surface area contributed by atoms with Gasteiger partial charge >= 0.3 is 0 Å². The Balaban J connectivity index is 2.12. The Morgan fingerprint density at radius 1 is 1.43 bits per heavy atom. The van der Waals surface area contributed by atoms with E-state index in [1.807, 2.05) is 0 Å². The molecule has 0 spiro atoms. The van der Waals surface area contributed by atoms with Gasteiger partial charge < -0.3 is 9.47 Å². The Hall–Kier alpha value is -0.760. The van der Waals surface area contributed by atoms with Crippen LogP contribution >= 0.6 is 11.3 Å². The molecule has 0 aliphatic carbocycles. The predicted molar refractivity (Wildman–Crippen MR) is 53.9 cm³/mol. The lowest BCUT2D eigenvalue weighted by molar-refractivity contribution is 0.0924. The van der Waals surface area contributed by atoms with Crippen molar-refractivity contribution in [2.75, 3.05) is 25.7 Å². The number of hydrazine groups is 1. The number of nitrogen functional groups attached to an aromatic ring is 1. The first-order chi connectivity index (χ1) is 6.86. The van der Waals surface area contributed by atoms with E-state index < -0.39 is 0 Å². The first kappa shape index (κ1) is 11.3. The Morgan fingerprint density at radius 2 is 2.29 bits per heavy atom. The first-order valence-corrected chi connectivity index (χ1v) is 5.04. The summed E-state index contributed by atoms with van der Waals surface area (Å²) in [7, 11) is 1.67. The van der Waals surface area contributed by atoms with E-state index in [-0.39, 0.29) is 0 Å². The molecule has 0 bridgehead atoms. The van der Waals surface area contributed by atoms with Gasteiger partial charge in [0.1, 0.15) is 11.6 Å². The molecule has 6 nitrogen and oxygen atoms in total. The third-order valence-corrected chi connectivity index (χ3v) is 2.28. The molecule has 0 fully saturated rings. The van der Waals surface area contributed by atoms with Gasteiger partial charge in [0, 0.05) is 20.3 Å². The van der Waals surface area contributed by atoms with E-state index in [2.05, 4.69) is 15.6 Å². The van der Waals surface area contributed by atoms with Gasteiger partial charge in [0.2, 0.25) is 5.13 Å². The average molecular weight is 218 g/mol. The van der Waals surface area contributed by atoms with Gasteiger partial charge in [-0.05, 0) is 6.42 Å². The molecule has 1 aromatic rings. The van der Waals surface area contributed by atoms with Crippen molar-refractivity contribution in [3.8, 4) is 0 Å². The highest BCUT2D eigenvalue weighted by Crippen LogP contribution is 2.14. The van der Waals surface area contributed by atoms with Crippen LogP contribution in [0, 0.1) is 0 Å². The lowest BCUT2D eigenvalue weighted by Gasteiger charge is -1.99. The quantitative estimate of drug-likeness (QED) is 0.391. The molecule has 0 atom stereocenters. The zero-order valence-corrected chi connectivity index (χ0v) is 8.84. The first-order valence-electron chi connectivity index (χ1n) is 4.22. The second kappa shape index (κ2) is 6.66. The molecule has 7 heteroatoms. The summed E-state index contributed by atoms with van der Waals surface area (Å²) in [6.45, 7) is 1.85. The monoisotopic (exact) mass is 218 g/mol. The van der Waals surface area contributed by atoms with E-state index in [0.717, 1.165) is 11.4 Å². The Bertz CT molecular complexity index is 256. The number of nitrogens with one attached hydrogen (secondary N) is 1. The van der Waals surface area contributed by atoms with E-state index in [1.54, 1.807) is 7.11 Å². The van der Waals surface area contributed by atoms with E-state index in [0.29, 0.717) is 25.0 Å². The molecular weight excluding hydrogens is 204 g/mol. The van der Waals surface area contributed by atoms with Crippen LogP contribution in [0.4, 0.5) is 5.13 Å². The fourth-order valence-electron chi connectivity index (χ4n) is 0.835. The molecule has 1 rings (SSSR count). The maximum absolute atomic E-state index is 5.34. The van der Waals surface area contributed by atoms with Crippen LogP contribution in [0.25, 0.3) is 0 Å². The number of rotatable bonds is 7. The molecular formula is C7H14N4O2S. The third-order valence-electron chi connectivity index (χ3n) is 1.45. The standard InChI is InChI=1S/C7H14N4O2S/c1-12-3-2-4-13-5-6-10-11-7(9-8)14-6/h2-5,8H2,1H3,(H,9,11). The molecule has 0 radical (unpaired) electrons. The van der Waals surface area contributed by atoms with Crippen LogP contribution in [0.1, 0.15) is 11.4 Å². The molecule has 0 unspecified atom stereocenters. The van der Waals surface area contributed by atoms with Gasteiger partial charge in [-0.25, -0.2) is 5.84 Å². The molecule has 1 heterocycles. The summed E-state index contributed by atoms with van der Waals surface area (Å²) >= 11 is 1.38. The summed E-state index contributed by atoms with van der Waals surface area (Å²) in [6.07, 6.45) is 0.886. The van der Waals surface area contributed by atoms with E-state index in [4.69, 9.17) is 15.3 Å². The smallest absolute Gasteiger partial charge is 0.219 e. The molecule has 0 aromatic carbocycles. The Labute approximate surface area is 86.4 Å². The number of hydrogen-bond donors (Lipinski definition) is 2. The van der Waals surface area contributed by atoms with E-state index >= 15 is 0 Å². The lowest BCUT2D eigenvalue weighted by atomic mass is 10.5. The molecule has 3 N–H and O–H groups in total. The van der Waals surface area contributed by atoms with E-state index in [9.17, 15) is 0 Å². The van der Waals surface area contributed by atoms with Gasteiger partial charge in [-0.2, -0.15) is 0 Å². The minimum Gasteiger partial charge on any atom is -0.385 e. The molecule has 14 heavy (non-hydrogen) atoms. The van der Waals surface area contributed by atoms with Crippen LogP contribution in [0.2, 0.25) is 0 Å². The number of ether oxygens (including phenoxy) is 2. The van der Waals surface area contributed by atoms with Crippen LogP contribution in [0.5, 0.6) is 0 Å². The summed E-state index contributed by atoms with van der Waals surface area (Å²) in [6, 6.07) is 0. The maximum Gasteiger partial charge on any atom is 0.219 e. The van der Waals surface area contributed by atoms with Crippen molar-refractivity contribution in [2.45, 2.75) is 13.0 Å². The minimum atomic E-state index is 0.475. The van der Waals surface area contributed by atoms with Crippen molar-refractivity contribution in [3.63, 3.8) is 0 Å². The van der Waals surface area contributed by atoms with Crippen LogP contribution < -0.4 is 11.3 Å². The number of methoxy groups -OCH3 is 1. The zero-order valence-electron chi connectivity index (χ0n) is 8.02. The molecule has 0 saturated carbocycles. The fourth-order valence-corrected chi connectivity index (χ4v) is 1.42. The van der Waals surface area contributed by atoms with Crippen LogP contribution in [-0.2, 0) is 16.1 Å². The molecule has 1 aromatic heterocycles. The Morgan fingerprint density at radius 3 is 2.93 bits per heavy atom. The molecule has 0 amide bonds. The summed E-state index contributed by atoms with van der Waals surface area (Å²) in [5.74, 6) is 5.16. The van der Waals surface area contributed by atoms with Crippen molar-refractivity contribution in [1.29, 1.82) is 0 Å². The van der Waals surface area contributed by atoms with E-state index in [1.165, 1.54) is 11.3 Å². The highest BCUT2D eigenvalue weighted by Gasteiger charge is 2.01. The van der Waals surface area contributed by atoms with Crippen molar-refractivity contribution in [1.82, 2.24) is 10.2 Å². The number of anilines is 1. The molecule has 0 aliphatic heterocycles. The fraction of sp³-hybridized carbons (Fsp3) is 0.714. The van der Waals surface area contributed by atoms with Gasteiger partial charge in [0.25, 0.3) is 0 Å². The van der Waals surface area contributed by atoms with Crippen molar-refractivity contribution < 1.29 is 9.47 Å². The zero-order chi connectivity index (χ0) is 10.2. The lowest BCUT2D eigenvalue weighted by Crippen LogP contribution is -2.05. The highest BCUT2D eigenvalue weighted by molar-refractivity contribution is 7.15. The summed E-state index contributed by atoms with van der Waals surface area (Å²) in [5, 5.41) is 9.06. The van der Waals surface area contributed by atoms with Crippen LogP contribution in [0.3, 0.4) is 0 Å². The predicted octanol–water partition coefficient (Wildman–Crippen LogP) is 0.377. The molecule has 80 valence electrons.